The Morgan fingerprint density at radius 3 is 2.69 bits per heavy atom. The van der Waals surface area contributed by atoms with Crippen molar-refractivity contribution in [3.63, 3.8) is 0 Å². The molecule has 1 amide bonds. The average molecular weight is 243 g/mol. The molecule has 0 aliphatic rings. The van der Waals surface area contributed by atoms with Crippen molar-refractivity contribution in [2.75, 3.05) is 6.26 Å². The summed E-state index contributed by atoms with van der Waals surface area (Å²) >= 11 is 1.37. The molecule has 88 valence electrons. The third-order valence-corrected chi connectivity index (χ3v) is 2.64. The van der Waals surface area contributed by atoms with Crippen LogP contribution in [0.25, 0.3) is 0 Å². The number of furan rings is 1. The second-order valence-electron chi connectivity index (χ2n) is 3.10. The topological polar surface area (TPSA) is 79.5 Å². The molecular weight excluding hydrogens is 230 g/mol. The van der Waals surface area contributed by atoms with Crippen molar-refractivity contribution >= 4 is 23.6 Å². The van der Waals surface area contributed by atoms with Gasteiger partial charge in [0, 0.05) is 0 Å². The van der Waals surface area contributed by atoms with Crippen LogP contribution in [-0.2, 0) is 4.79 Å². The molecule has 0 aliphatic heterocycles. The molecule has 0 spiro atoms. The van der Waals surface area contributed by atoms with Gasteiger partial charge in [0.1, 0.15) is 6.04 Å². The van der Waals surface area contributed by atoms with E-state index in [-0.39, 0.29) is 5.76 Å². The Morgan fingerprint density at radius 2 is 2.25 bits per heavy atom. The molecule has 0 aliphatic carbocycles. The van der Waals surface area contributed by atoms with E-state index in [2.05, 4.69) is 5.32 Å². The molecule has 0 fully saturated rings. The summed E-state index contributed by atoms with van der Waals surface area (Å²) in [5, 5.41) is 11.8. The molecule has 1 aromatic heterocycles. The number of thioether (sulfide) groups is 1. The normalized spacial score (nSPS) is 12.1. The first kappa shape index (κ1) is 12.6. The minimum atomic E-state index is -1.05. The molecule has 0 aromatic carbocycles. The van der Waals surface area contributed by atoms with Crippen LogP contribution in [0.4, 0.5) is 0 Å². The Bertz CT molecular complexity index is 388. The van der Waals surface area contributed by atoms with Crippen LogP contribution in [0.5, 0.6) is 0 Å². The van der Waals surface area contributed by atoms with Gasteiger partial charge in [0.25, 0.3) is 5.91 Å². The van der Waals surface area contributed by atoms with Gasteiger partial charge >= 0.3 is 5.97 Å². The third kappa shape index (κ3) is 3.03. The lowest BCUT2D eigenvalue weighted by atomic mass is 10.2. The number of carbonyl (C=O) groups excluding carboxylic acids is 1. The van der Waals surface area contributed by atoms with Crippen LogP contribution in [0.15, 0.2) is 21.6 Å². The fraction of sp³-hybridized carbons (Fsp3) is 0.400. The lowest BCUT2D eigenvalue weighted by Crippen LogP contribution is -2.40. The number of carboxylic acids is 1. The molecule has 2 N–H and O–H groups in total. The molecule has 1 aromatic rings. The summed E-state index contributed by atoms with van der Waals surface area (Å²) in [7, 11) is 0. The van der Waals surface area contributed by atoms with E-state index in [1.807, 2.05) is 6.26 Å². The molecule has 1 heterocycles. The molecule has 1 rings (SSSR count). The van der Waals surface area contributed by atoms with Gasteiger partial charge < -0.3 is 14.8 Å². The average Bonchev–Trinajstić information content (AvgIpc) is 2.73. The molecule has 5 nitrogen and oxygen atoms in total. The number of hydrogen-bond acceptors (Lipinski definition) is 4. The Balaban J connectivity index is 2.67. The zero-order valence-electron chi connectivity index (χ0n) is 9.02. The number of hydrogen-bond donors (Lipinski definition) is 2. The fourth-order valence-electron chi connectivity index (χ4n) is 1.12. The minimum Gasteiger partial charge on any atom is -0.480 e. The predicted octanol–water partition coefficient (Wildman–Crippen LogP) is 1.59. The van der Waals surface area contributed by atoms with Crippen molar-refractivity contribution in [2.45, 2.75) is 24.5 Å². The summed E-state index contributed by atoms with van der Waals surface area (Å²) in [6.07, 6.45) is 2.16. The van der Waals surface area contributed by atoms with E-state index < -0.39 is 17.9 Å². The molecule has 6 heteroatoms. The second-order valence-corrected chi connectivity index (χ2v) is 3.91. The molecule has 0 saturated carbocycles. The maximum absolute atomic E-state index is 11.6. The van der Waals surface area contributed by atoms with E-state index >= 15 is 0 Å². The lowest BCUT2D eigenvalue weighted by Gasteiger charge is -2.10. The molecule has 0 saturated heterocycles. The zero-order chi connectivity index (χ0) is 12.1. The van der Waals surface area contributed by atoms with E-state index in [9.17, 15) is 9.59 Å². The van der Waals surface area contributed by atoms with Crippen LogP contribution < -0.4 is 5.32 Å². The summed E-state index contributed by atoms with van der Waals surface area (Å²) in [6.45, 7) is 1.69. The number of carbonyl (C=O) groups is 2. The van der Waals surface area contributed by atoms with Crippen molar-refractivity contribution < 1.29 is 19.1 Å². The predicted molar refractivity (Wildman–Crippen MR) is 59.7 cm³/mol. The second kappa shape index (κ2) is 5.60. The van der Waals surface area contributed by atoms with Crippen molar-refractivity contribution in [1.82, 2.24) is 5.32 Å². The van der Waals surface area contributed by atoms with Gasteiger partial charge in [-0.2, -0.15) is 0 Å². The Hall–Kier alpha value is -1.43. The summed E-state index contributed by atoms with van der Waals surface area (Å²) < 4.78 is 5.18. The summed E-state index contributed by atoms with van der Waals surface area (Å²) in [6, 6.07) is 2.31. The van der Waals surface area contributed by atoms with Gasteiger partial charge in [0.2, 0.25) is 0 Å². The van der Waals surface area contributed by atoms with Crippen LogP contribution in [0, 0.1) is 0 Å². The van der Waals surface area contributed by atoms with E-state index in [1.165, 1.54) is 17.8 Å². The summed E-state index contributed by atoms with van der Waals surface area (Å²) in [5.41, 5.74) is 0. The third-order valence-electron chi connectivity index (χ3n) is 2.02. The first-order valence-corrected chi connectivity index (χ1v) is 5.98. The van der Waals surface area contributed by atoms with Crippen molar-refractivity contribution in [3.8, 4) is 0 Å². The van der Waals surface area contributed by atoms with Gasteiger partial charge in [-0.15, -0.1) is 0 Å². The molecule has 16 heavy (non-hydrogen) atoms. The highest BCUT2D eigenvalue weighted by molar-refractivity contribution is 7.98. The molecule has 1 atom stereocenters. The Labute approximate surface area is 97.2 Å². The maximum atomic E-state index is 11.6. The smallest absolute Gasteiger partial charge is 0.326 e. The van der Waals surface area contributed by atoms with Crippen molar-refractivity contribution in [2.24, 2.45) is 0 Å². The van der Waals surface area contributed by atoms with Crippen molar-refractivity contribution in [1.29, 1.82) is 0 Å². The monoisotopic (exact) mass is 243 g/mol. The molecule has 0 radical (unpaired) electrons. The highest BCUT2D eigenvalue weighted by atomic mass is 32.2. The standard InChI is InChI=1S/C10H13NO4S/c1-3-6(10(13)14)11-9(12)7-4-5-8(15-7)16-2/h4-6H,3H2,1-2H3,(H,11,12)(H,13,14). The number of amides is 1. The minimum absolute atomic E-state index is 0.129. The first-order valence-electron chi connectivity index (χ1n) is 4.76. The highest BCUT2D eigenvalue weighted by Crippen LogP contribution is 2.17. The highest BCUT2D eigenvalue weighted by Gasteiger charge is 2.20. The van der Waals surface area contributed by atoms with Gasteiger partial charge in [0.15, 0.2) is 10.9 Å². The number of carboxylic acid groups (broad SMARTS) is 1. The SMILES string of the molecule is CCC(NC(=O)c1ccc(SC)o1)C(=O)O. The van der Waals surface area contributed by atoms with E-state index in [4.69, 9.17) is 9.52 Å². The van der Waals surface area contributed by atoms with Crippen LogP contribution >= 0.6 is 11.8 Å². The fourth-order valence-corrected chi connectivity index (χ4v) is 1.50. The Morgan fingerprint density at radius 1 is 1.56 bits per heavy atom. The van der Waals surface area contributed by atoms with Crippen LogP contribution in [0.1, 0.15) is 23.9 Å². The van der Waals surface area contributed by atoms with Gasteiger partial charge in [-0.1, -0.05) is 18.7 Å². The number of rotatable bonds is 5. The zero-order valence-corrected chi connectivity index (χ0v) is 9.84. The van der Waals surface area contributed by atoms with Gasteiger partial charge in [-0.25, -0.2) is 4.79 Å². The van der Waals surface area contributed by atoms with Gasteiger partial charge in [-0.05, 0) is 24.8 Å². The van der Waals surface area contributed by atoms with Crippen LogP contribution in [0.3, 0.4) is 0 Å². The number of aliphatic carboxylic acids is 1. The van der Waals surface area contributed by atoms with Gasteiger partial charge in [-0.3, -0.25) is 4.79 Å². The Kier molecular flexibility index (Phi) is 4.42. The van der Waals surface area contributed by atoms with Crippen LogP contribution in [0.2, 0.25) is 0 Å². The maximum Gasteiger partial charge on any atom is 0.326 e. The lowest BCUT2D eigenvalue weighted by molar-refractivity contribution is -0.139. The van der Waals surface area contributed by atoms with Crippen molar-refractivity contribution in [3.05, 3.63) is 17.9 Å². The molecule has 0 bridgehead atoms. The largest absolute Gasteiger partial charge is 0.480 e. The summed E-state index contributed by atoms with van der Waals surface area (Å²) in [5.74, 6) is -1.42. The van der Waals surface area contributed by atoms with E-state index in [0.29, 0.717) is 11.5 Å². The van der Waals surface area contributed by atoms with E-state index in [1.54, 1.807) is 13.0 Å². The number of nitrogens with one attached hydrogen (secondary N) is 1. The first-order chi connectivity index (χ1) is 7.58. The summed E-state index contributed by atoms with van der Waals surface area (Å²) in [4.78, 5) is 22.3. The van der Waals surface area contributed by atoms with Crippen LogP contribution in [-0.4, -0.2) is 29.3 Å². The van der Waals surface area contributed by atoms with E-state index in [0.717, 1.165) is 0 Å². The molecule has 1 unspecified atom stereocenters. The van der Waals surface area contributed by atoms with Gasteiger partial charge in [0.05, 0.1) is 0 Å². The quantitative estimate of drug-likeness (QED) is 0.768. The molecular formula is C10H13NO4S.